The van der Waals surface area contributed by atoms with Crippen LogP contribution in [0.2, 0.25) is 0 Å². The number of aliphatic carboxylic acids is 1. The van der Waals surface area contributed by atoms with Gasteiger partial charge in [-0.15, -0.1) is 0 Å². The second-order valence-electron chi connectivity index (χ2n) is 5.22. The number of likely N-dealkylation sites (tertiary alicyclic amines) is 1. The molecule has 0 spiro atoms. The van der Waals surface area contributed by atoms with Gasteiger partial charge in [-0.1, -0.05) is 12.1 Å². The molecule has 1 aromatic carbocycles. The molecule has 0 radical (unpaired) electrons. The van der Waals surface area contributed by atoms with Gasteiger partial charge in [0, 0.05) is 12.6 Å². The van der Waals surface area contributed by atoms with E-state index < -0.39 is 11.9 Å². The Balaban J connectivity index is 1.89. The van der Waals surface area contributed by atoms with Crippen molar-refractivity contribution in [3.8, 4) is 0 Å². The van der Waals surface area contributed by atoms with Crippen molar-refractivity contribution in [2.45, 2.75) is 19.4 Å². The molecule has 3 rings (SSSR count). The van der Waals surface area contributed by atoms with Crippen LogP contribution in [0.3, 0.4) is 0 Å². The number of carboxylic acid groups (broad SMARTS) is 1. The van der Waals surface area contributed by atoms with Gasteiger partial charge in [-0.05, 0) is 25.5 Å². The van der Waals surface area contributed by atoms with Gasteiger partial charge in [0.2, 0.25) is 0 Å². The number of fused-ring (bicyclic) bond motifs is 1. The van der Waals surface area contributed by atoms with E-state index in [-0.39, 0.29) is 17.6 Å². The number of carbonyl (C=O) groups is 2. The number of carboxylic acids is 1. The fourth-order valence-corrected chi connectivity index (χ4v) is 2.76. The van der Waals surface area contributed by atoms with Crippen molar-refractivity contribution in [2.75, 3.05) is 6.54 Å². The van der Waals surface area contributed by atoms with Gasteiger partial charge in [0.25, 0.3) is 5.91 Å². The molecule has 1 aromatic heterocycles. The molecule has 1 amide bonds. The van der Waals surface area contributed by atoms with Gasteiger partial charge in [-0.2, -0.15) is 0 Å². The van der Waals surface area contributed by atoms with E-state index >= 15 is 0 Å². The second kappa shape index (κ2) is 5.12. The third-order valence-electron chi connectivity index (χ3n) is 4.00. The van der Waals surface area contributed by atoms with Crippen molar-refractivity contribution < 1.29 is 14.7 Å². The maximum atomic E-state index is 12.5. The van der Waals surface area contributed by atoms with E-state index in [4.69, 9.17) is 5.11 Å². The van der Waals surface area contributed by atoms with Crippen molar-refractivity contribution in [2.24, 2.45) is 5.92 Å². The molecule has 0 bridgehead atoms. The first kappa shape index (κ1) is 13.5. The van der Waals surface area contributed by atoms with Crippen LogP contribution in [-0.4, -0.2) is 44.4 Å². The molecule has 0 aliphatic carbocycles. The summed E-state index contributed by atoms with van der Waals surface area (Å²) in [6.45, 7) is 2.20. The number of carbonyl (C=O) groups excluding carboxylic acids is 1. The van der Waals surface area contributed by atoms with Crippen LogP contribution in [0.25, 0.3) is 11.0 Å². The van der Waals surface area contributed by atoms with Gasteiger partial charge < -0.3 is 10.0 Å². The zero-order chi connectivity index (χ0) is 15.0. The molecule has 6 nitrogen and oxygen atoms in total. The molecule has 6 heteroatoms. The van der Waals surface area contributed by atoms with Crippen LogP contribution in [0, 0.1) is 5.92 Å². The lowest BCUT2D eigenvalue weighted by Gasteiger charge is -2.22. The van der Waals surface area contributed by atoms with E-state index in [9.17, 15) is 9.59 Å². The van der Waals surface area contributed by atoms with Crippen LogP contribution in [0.5, 0.6) is 0 Å². The first-order chi connectivity index (χ1) is 10.1. The number of hydrogen-bond donors (Lipinski definition) is 1. The van der Waals surface area contributed by atoms with Crippen LogP contribution in [-0.2, 0) is 4.79 Å². The molecule has 0 saturated carbocycles. The Morgan fingerprint density at radius 2 is 2.00 bits per heavy atom. The highest BCUT2D eigenvalue weighted by Gasteiger charge is 2.38. The SMILES string of the molecule is CC1C(C(=O)O)CCN1C(=O)c1cnc2ccccc2n1. The lowest BCUT2D eigenvalue weighted by Crippen LogP contribution is -2.38. The van der Waals surface area contributed by atoms with E-state index in [1.54, 1.807) is 17.9 Å². The second-order valence-corrected chi connectivity index (χ2v) is 5.22. The van der Waals surface area contributed by atoms with Crippen molar-refractivity contribution in [1.29, 1.82) is 0 Å². The minimum absolute atomic E-state index is 0.256. The highest BCUT2D eigenvalue weighted by Crippen LogP contribution is 2.25. The molecule has 1 aliphatic rings. The first-order valence-electron chi connectivity index (χ1n) is 6.83. The maximum Gasteiger partial charge on any atom is 0.308 e. The Morgan fingerprint density at radius 1 is 1.29 bits per heavy atom. The van der Waals surface area contributed by atoms with Crippen LogP contribution >= 0.6 is 0 Å². The zero-order valence-electron chi connectivity index (χ0n) is 11.6. The Bertz CT molecular complexity index is 716. The molecule has 21 heavy (non-hydrogen) atoms. The minimum atomic E-state index is -0.859. The number of para-hydroxylation sites is 2. The standard InChI is InChI=1S/C15H15N3O3/c1-9-10(15(20)21)6-7-18(9)14(19)13-8-16-11-4-2-3-5-12(11)17-13/h2-5,8-10H,6-7H2,1H3,(H,20,21). The number of amides is 1. The monoisotopic (exact) mass is 285 g/mol. The summed E-state index contributed by atoms with van der Waals surface area (Å²) in [6, 6.07) is 6.99. The van der Waals surface area contributed by atoms with E-state index in [1.807, 2.05) is 18.2 Å². The summed E-state index contributed by atoms with van der Waals surface area (Å²) in [5.74, 6) is -1.63. The molecular formula is C15H15N3O3. The van der Waals surface area contributed by atoms with Crippen molar-refractivity contribution in [3.05, 3.63) is 36.2 Å². The first-order valence-corrected chi connectivity index (χ1v) is 6.83. The van der Waals surface area contributed by atoms with Gasteiger partial charge >= 0.3 is 5.97 Å². The Hall–Kier alpha value is -2.50. The molecule has 108 valence electrons. The Morgan fingerprint density at radius 3 is 2.67 bits per heavy atom. The normalized spacial score (nSPS) is 21.7. The predicted molar refractivity (Wildman–Crippen MR) is 75.8 cm³/mol. The predicted octanol–water partition coefficient (Wildman–Crippen LogP) is 1.56. The van der Waals surface area contributed by atoms with Crippen LogP contribution in [0.4, 0.5) is 0 Å². The van der Waals surface area contributed by atoms with Gasteiger partial charge in [0.05, 0.1) is 23.1 Å². The number of benzene rings is 1. The molecule has 1 saturated heterocycles. The number of aromatic nitrogens is 2. The number of nitrogens with zero attached hydrogens (tertiary/aromatic N) is 3. The van der Waals surface area contributed by atoms with E-state index in [0.29, 0.717) is 18.5 Å². The number of rotatable bonds is 2. The molecule has 2 aromatic rings. The smallest absolute Gasteiger partial charge is 0.308 e. The molecule has 2 unspecified atom stereocenters. The third-order valence-corrected chi connectivity index (χ3v) is 4.00. The fourth-order valence-electron chi connectivity index (χ4n) is 2.76. The third kappa shape index (κ3) is 2.33. The zero-order valence-corrected chi connectivity index (χ0v) is 11.6. The summed E-state index contributed by atoms with van der Waals surface area (Å²) in [4.78, 5) is 33.7. The summed E-state index contributed by atoms with van der Waals surface area (Å²) in [5, 5.41) is 9.13. The number of hydrogen-bond acceptors (Lipinski definition) is 4. The molecule has 1 N–H and O–H groups in total. The van der Waals surface area contributed by atoms with Crippen molar-refractivity contribution in [1.82, 2.24) is 14.9 Å². The van der Waals surface area contributed by atoms with Gasteiger partial charge in [-0.3, -0.25) is 14.6 Å². The quantitative estimate of drug-likeness (QED) is 0.905. The van der Waals surface area contributed by atoms with Crippen molar-refractivity contribution in [3.63, 3.8) is 0 Å². The average Bonchev–Trinajstić information content (AvgIpc) is 2.88. The highest BCUT2D eigenvalue weighted by molar-refractivity contribution is 5.94. The Labute approximate surface area is 121 Å². The van der Waals surface area contributed by atoms with Gasteiger partial charge in [0.15, 0.2) is 0 Å². The molecular weight excluding hydrogens is 270 g/mol. The minimum Gasteiger partial charge on any atom is -0.481 e. The summed E-state index contributed by atoms with van der Waals surface area (Å²) in [7, 11) is 0. The molecule has 2 heterocycles. The van der Waals surface area contributed by atoms with Crippen molar-refractivity contribution >= 4 is 22.9 Å². The largest absolute Gasteiger partial charge is 0.481 e. The lowest BCUT2D eigenvalue weighted by molar-refractivity contribution is -0.142. The van der Waals surface area contributed by atoms with Crippen LogP contribution < -0.4 is 0 Å². The Kier molecular flexibility index (Phi) is 3.29. The maximum absolute atomic E-state index is 12.5. The fraction of sp³-hybridized carbons (Fsp3) is 0.333. The van der Waals surface area contributed by atoms with E-state index in [1.165, 1.54) is 6.20 Å². The van der Waals surface area contributed by atoms with Gasteiger partial charge in [0.1, 0.15) is 5.69 Å². The van der Waals surface area contributed by atoms with Crippen LogP contribution in [0.1, 0.15) is 23.8 Å². The summed E-state index contributed by atoms with van der Waals surface area (Å²) in [6.07, 6.45) is 1.93. The summed E-state index contributed by atoms with van der Waals surface area (Å²) in [5.41, 5.74) is 1.64. The molecule has 1 aliphatic heterocycles. The average molecular weight is 285 g/mol. The van der Waals surface area contributed by atoms with E-state index in [2.05, 4.69) is 9.97 Å². The van der Waals surface area contributed by atoms with E-state index in [0.717, 1.165) is 5.52 Å². The van der Waals surface area contributed by atoms with Gasteiger partial charge in [-0.25, -0.2) is 4.98 Å². The summed E-state index contributed by atoms with van der Waals surface area (Å²) >= 11 is 0. The van der Waals surface area contributed by atoms with Crippen LogP contribution in [0.15, 0.2) is 30.5 Å². The lowest BCUT2D eigenvalue weighted by atomic mass is 10.0. The summed E-state index contributed by atoms with van der Waals surface area (Å²) < 4.78 is 0. The topological polar surface area (TPSA) is 83.4 Å². The molecule has 2 atom stereocenters. The highest BCUT2D eigenvalue weighted by atomic mass is 16.4. The molecule has 1 fully saturated rings.